The van der Waals surface area contributed by atoms with Crippen LogP contribution in [0.4, 0.5) is 5.69 Å². The van der Waals surface area contributed by atoms with Crippen molar-refractivity contribution in [3.8, 4) is 5.75 Å². The Labute approximate surface area is 137 Å². The van der Waals surface area contributed by atoms with E-state index in [0.717, 1.165) is 21.3 Å². The van der Waals surface area contributed by atoms with Crippen LogP contribution in [0.5, 0.6) is 5.75 Å². The molecule has 2 aromatic rings. The van der Waals surface area contributed by atoms with Crippen LogP contribution in [0.25, 0.3) is 6.08 Å². The Kier molecular flexibility index (Phi) is 5.61. The summed E-state index contributed by atoms with van der Waals surface area (Å²) in [7, 11) is 1.34. The highest BCUT2D eigenvalue weighted by Crippen LogP contribution is 2.23. The van der Waals surface area contributed by atoms with Crippen molar-refractivity contribution < 1.29 is 14.6 Å². The molecular weight excluding hydrogens is 346 g/mol. The number of halogens is 1. The van der Waals surface area contributed by atoms with Crippen LogP contribution < -0.4 is 5.32 Å². The van der Waals surface area contributed by atoms with Gasteiger partial charge >= 0.3 is 5.97 Å². The number of phenolic OH excluding ortho intramolecular Hbond substituents is 1. The van der Waals surface area contributed by atoms with Crippen molar-refractivity contribution in [3.63, 3.8) is 0 Å². The third-order valence-corrected chi connectivity index (χ3v) is 3.54. The zero-order valence-corrected chi connectivity index (χ0v) is 13.6. The summed E-state index contributed by atoms with van der Waals surface area (Å²) in [6.45, 7) is 0.516. The minimum atomic E-state index is -0.382. The second-order valence-corrected chi connectivity index (χ2v) is 5.52. The van der Waals surface area contributed by atoms with Crippen LogP contribution in [0.15, 0.2) is 53.0 Å². The number of carbonyl (C=O) groups is 1. The minimum Gasteiger partial charge on any atom is -0.508 e. The van der Waals surface area contributed by atoms with Gasteiger partial charge in [0.05, 0.1) is 7.11 Å². The molecule has 0 heterocycles. The molecule has 2 N–H and O–H groups in total. The van der Waals surface area contributed by atoms with E-state index in [9.17, 15) is 9.90 Å². The first-order chi connectivity index (χ1) is 10.6. The maximum Gasteiger partial charge on any atom is 0.330 e. The van der Waals surface area contributed by atoms with Gasteiger partial charge in [0.1, 0.15) is 5.75 Å². The molecule has 114 valence electrons. The number of benzene rings is 2. The molecule has 0 amide bonds. The molecule has 0 aliphatic rings. The number of methoxy groups -OCH3 is 1. The average Bonchev–Trinajstić information content (AvgIpc) is 2.54. The molecule has 2 aromatic carbocycles. The van der Waals surface area contributed by atoms with Crippen LogP contribution in [0, 0.1) is 0 Å². The fourth-order valence-corrected chi connectivity index (χ4v) is 2.25. The molecule has 0 aromatic heterocycles. The number of ether oxygens (including phenoxy) is 1. The Morgan fingerprint density at radius 2 is 2.00 bits per heavy atom. The number of anilines is 1. The maximum absolute atomic E-state index is 11.0. The van der Waals surface area contributed by atoms with Crippen LogP contribution in [0.3, 0.4) is 0 Å². The van der Waals surface area contributed by atoms with Gasteiger partial charge < -0.3 is 15.2 Å². The summed E-state index contributed by atoms with van der Waals surface area (Å²) in [5.41, 5.74) is 2.64. The van der Waals surface area contributed by atoms with Crippen molar-refractivity contribution in [2.75, 3.05) is 12.4 Å². The summed E-state index contributed by atoms with van der Waals surface area (Å²) in [5.74, 6) is -0.124. The zero-order valence-electron chi connectivity index (χ0n) is 12.0. The quantitative estimate of drug-likeness (QED) is 0.625. The molecule has 0 saturated carbocycles. The van der Waals surface area contributed by atoms with Crippen LogP contribution in [0.1, 0.15) is 11.1 Å². The Morgan fingerprint density at radius 1 is 1.27 bits per heavy atom. The van der Waals surface area contributed by atoms with Gasteiger partial charge in [-0.1, -0.05) is 28.1 Å². The molecule has 0 unspecified atom stereocenters. The molecule has 0 atom stereocenters. The number of carbonyl (C=O) groups excluding carboxylic acids is 1. The number of aromatic hydroxyl groups is 1. The molecule has 0 spiro atoms. The Hall–Kier alpha value is -2.27. The Morgan fingerprint density at radius 3 is 2.68 bits per heavy atom. The van der Waals surface area contributed by atoms with Crippen molar-refractivity contribution >= 4 is 33.7 Å². The van der Waals surface area contributed by atoms with E-state index in [1.54, 1.807) is 18.2 Å². The highest BCUT2D eigenvalue weighted by Gasteiger charge is 2.02. The molecule has 0 radical (unpaired) electrons. The van der Waals surface area contributed by atoms with Crippen molar-refractivity contribution in [2.45, 2.75) is 6.54 Å². The van der Waals surface area contributed by atoms with E-state index in [1.165, 1.54) is 13.2 Å². The molecule has 0 aliphatic heterocycles. The van der Waals surface area contributed by atoms with Gasteiger partial charge in [0.25, 0.3) is 0 Å². The predicted molar refractivity (Wildman–Crippen MR) is 90.6 cm³/mol. The lowest BCUT2D eigenvalue weighted by Gasteiger charge is -2.09. The van der Waals surface area contributed by atoms with E-state index < -0.39 is 0 Å². The van der Waals surface area contributed by atoms with Crippen molar-refractivity contribution in [2.24, 2.45) is 0 Å². The second kappa shape index (κ2) is 7.66. The third-order valence-electron chi connectivity index (χ3n) is 3.05. The van der Waals surface area contributed by atoms with Gasteiger partial charge in [-0.3, -0.25) is 0 Å². The lowest BCUT2D eigenvalue weighted by molar-refractivity contribution is -0.134. The van der Waals surface area contributed by atoms with Crippen molar-refractivity contribution in [1.82, 2.24) is 0 Å². The highest BCUT2D eigenvalue weighted by atomic mass is 79.9. The number of nitrogens with one attached hydrogen (secondary N) is 1. The normalized spacial score (nSPS) is 10.6. The van der Waals surface area contributed by atoms with E-state index in [-0.39, 0.29) is 11.7 Å². The smallest absolute Gasteiger partial charge is 0.330 e. The summed E-state index contributed by atoms with van der Waals surface area (Å²) in [4.78, 5) is 11.0. The first kappa shape index (κ1) is 16.1. The fraction of sp³-hybridized carbons (Fsp3) is 0.118. The summed E-state index contributed by atoms with van der Waals surface area (Å²) in [6.07, 6.45) is 3.07. The number of rotatable bonds is 5. The van der Waals surface area contributed by atoms with Crippen LogP contribution in [0.2, 0.25) is 0 Å². The van der Waals surface area contributed by atoms with Gasteiger partial charge in [0.15, 0.2) is 0 Å². The zero-order chi connectivity index (χ0) is 15.9. The van der Waals surface area contributed by atoms with Gasteiger partial charge in [-0.2, -0.15) is 0 Å². The highest BCUT2D eigenvalue weighted by molar-refractivity contribution is 9.10. The molecular formula is C17H16BrNO3. The Bertz CT molecular complexity index is 681. The van der Waals surface area contributed by atoms with Gasteiger partial charge in [0, 0.05) is 28.3 Å². The average molecular weight is 362 g/mol. The van der Waals surface area contributed by atoms with E-state index >= 15 is 0 Å². The van der Waals surface area contributed by atoms with E-state index in [4.69, 9.17) is 0 Å². The van der Waals surface area contributed by atoms with Crippen LogP contribution in [-0.4, -0.2) is 18.2 Å². The van der Waals surface area contributed by atoms with Gasteiger partial charge in [-0.05, 0) is 42.0 Å². The maximum atomic E-state index is 11.0. The molecule has 22 heavy (non-hydrogen) atoms. The SMILES string of the molecule is COC(=O)/C=C/c1ccc(NCc2cc(Br)ccc2O)cc1. The molecule has 2 rings (SSSR count). The number of esters is 1. The van der Waals surface area contributed by atoms with Gasteiger partial charge in [-0.25, -0.2) is 4.79 Å². The number of phenols is 1. The predicted octanol–water partition coefficient (Wildman–Crippen LogP) is 3.95. The molecule has 0 bridgehead atoms. The second-order valence-electron chi connectivity index (χ2n) is 4.61. The number of hydrogen-bond acceptors (Lipinski definition) is 4. The first-order valence-electron chi connectivity index (χ1n) is 6.66. The monoisotopic (exact) mass is 361 g/mol. The standard InChI is InChI=1S/C17H16BrNO3/c1-22-17(21)9-4-12-2-6-15(7-3-12)19-11-13-10-14(18)5-8-16(13)20/h2-10,19-20H,11H2,1H3/b9-4+. The first-order valence-corrected chi connectivity index (χ1v) is 7.45. The van der Waals surface area contributed by atoms with E-state index in [1.807, 2.05) is 30.3 Å². The topological polar surface area (TPSA) is 58.6 Å². The van der Waals surface area contributed by atoms with Crippen molar-refractivity contribution in [1.29, 1.82) is 0 Å². The number of hydrogen-bond donors (Lipinski definition) is 2. The minimum absolute atomic E-state index is 0.258. The van der Waals surface area contributed by atoms with Gasteiger partial charge in [0.2, 0.25) is 0 Å². The summed E-state index contributed by atoms with van der Waals surface area (Å²) < 4.78 is 5.46. The lowest BCUT2D eigenvalue weighted by Crippen LogP contribution is -1.99. The van der Waals surface area contributed by atoms with Crippen molar-refractivity contribution in [3.05, 3.63) is 64.1 Å². The summed E-state index contributed by atoms with van der Waals surface area (Å²) in [5, 5.41) is 13.0. The molecule has 0 fully saturated rings. The van der Waals surface area contributed by atoms with Crippen LogP contribution in [-0.2, 0) is 16.1 Å². The largest absolute Gasteiger partial charge is 0.508 e. The third kappa shape index (κ3) is 4.63. The fourth-order valence-electron chi connectivity index (χ4n) is 1.84. The van der Waals surface area contributed by atoms with Crippen LogP contribution >= 0.6 is 15.9 Å². The molecule has 0 aliphatic carbocycles. The summed E-state index contributed by atoms with van der Waals surface area (Å²) in [6, 6.07) is 12.9. The van der Waals surface area contributed by atoms with E-state index in [0.29, 0.717) is 6.54 Å². The van der Waals surface area contributed by atoms with Gasteiger partial charge in [-0.15, -0.1) is 0 Å². The molecule has 0 saturated heterocycles. The van der Waals surface area contributed by atoms with E-state index in [2.05, 4.69) is 26.0 Å². The molecule has 5 heteroatoms. The Balaban J connectivity index is 1.98. The summed E-state index contributed by atoms with van der Waals surface area (Å²) >= 11 is 3.38. The molecule has 4 nitrogen and oxygen atoms in total. The lowest BCUT2D eigenvalue weighted by atomic mass is 10.1.